The number of methoxy groups -OCH3 is 1. The first kappa shape index (κ1) is 21.8. The van der Waals surface area contributed by atoms with E-state index in [4.69, 9.17) is 9.73 Å². The second-order valence-corrected chi connectivity index (χ2v) is 9.06. The van der Waals surface area contributed by atoms with E-state index >= 15 is 0 Å². The summed E-state index contributed by atoms with van der Waals surface area (Å²) in [5.41, 5.74) is 4.55. The highest BCUT2D eigenvalue weighted by Gasteiger charge is 2.35. The van der Waals surface area contributed by atoms with Crippen LogP contribution in [0.1, 0.15) is 42.0 Å². The summed E-state index contributed by atoms with van der Waals surface area (Å²) in [6, 6.07) is 15.4. The number of piperidine rings is 1. The molecule has 0 unspecified atom stereocenters. The van der Waals surface area contributed by atoms with Crippen LogP contribution in [0.2, 0.25) is 0 Å². The Morgan fingerprint density at radius 1 is 1.21 bits per heavy atom. The third-order valence-corrected chi connectivity index (χ3v) is 7.08. The first-order valence-electron chi connectivity index (χ1n) is 12.0. The maximum atomic E-state index is 12.2. The average molecular weight is 448 g/mol. The van der Waals surface area contributed by atoms with Crippen LogP contribution in [0, 0.1) is 0 Å². The highest BCUT2D eigenvalue weighted by molar-refractivity contribution is 5.96. The van der Waals surface area contributed by atoms with Crippen LogP contribution in [-0.4, -0.2) is 56.6 Å². The molecule has 1 saturated heterocycles. The SMILES string of the molecule is COc1cc2c(cc1CN[C@H]1CCCN(C3=NCCN3)[C@@H]1c1ccccc1)N(C)C(=O)CC2. The number of nitrogens with one attached hydrogen (secondary N) is 2. The highest BCUT2D eigenvalue weighted by atomic mass is 16.5. The number of carbonyl (C=O) groups is 1. The van der Waals surface area contributed by atoms with Crippen LogP contribution in [-0.2, 0) is 17.8 Å². The molecule has 3 aliphatic heterocycles. The summed E-state index contributed by atoms with van der Waals surface area (Å²) >= 11 is 0. The number of hydrogen-bond donors (Lipinski definition) is 2. The Kier molecular flexibility index (Phi) is 6.22. The van der Waals surface area contributed by atoms with Crippen molar-refractivity contribution in [2.24, 2.45) is 4.99 Å². The minimum absolute atomic E-state index is 0.170. The van der Waals surface area contributed by atoms with Crippen LogP contribution >= 0.6 is 0 Å². The molecule has 2 N–H and O–H groups in total. The Morgan fingerprint density at radius 2 is 2.06 bits per heavy atom. The van der Waals surface area contributed by atoms with Gasteiger partial charge < -0.3 is 25.2 Å². The lowest BCUT2D eigenvalue weighted by molar-refractivity contribution is -0.118. The first-order valence-corrected chi connectivity index (χ1v) is 12.0. The Labute approximate surface area is 195 Å². The molecule has 2 aromatic carbocycles. The van der Waals surface area contributed by atoms with Crippen molar-refractivity contribution in [1.82, 2.24) is 15.5 Å². The average Bonchev–Trinajstić information content (AvgIpc) is 3.40. The minimum atomic E-state index is 0.170. The quantitative estimate of drug-likeness (QED) is 0.738. The van der Waals surface area contributed by atoms with Crippen molar-refractivity contribution >= 4 is 17.6 Å². The zero-order valence-corrected chi connectivity index (χ0v) is 19.5. The van der Waals surface area contributed by atoms with E-state index in [2.05, 4.69) is 58.0 Å². The van der Waals surface area contributed by atoms with Gasteiger partial charge in [-0.05, 0) is 42.5 Å². The van der Waals surface area contributed by atoms with Crippen molar-refractivity contribution in [2.75, 3.05) is 38.7 Å². The summed E-state index contributed by atoms with van der Waals surface area (Å²) < 4.78 is 5.74. The zero-order valence-electron chi connectivity index (χ0n) is 19.5. The maximum absolute atomic E-state index is 12.2. The fraction of sp³-hybridized carbons (Fsp3) is 0.462. The molecule has 5 rings (SSSR count). The molecule has 0 bridgehead atoms. The van der Waals surface area contributed by atoms with Gasteiger partial charge in [-0.2, -0.15) is 0 Å². The molecule has 1 amide bonds. The number of rotatable bonds is 5. The molecule has 0 aromatic heterocycles. The number of hydrogen-bond acceptors (Lipinski definition) is 6. The highest BCUT2D eigenvalue weighted by Crippen LogP contribution is 2.35. The van der Waals surface area contributed by atoms with Crippen molar-refractivity contribution in [3.63, 3.8) is 0 Å². The Hall–Kier alpha value is -3.06. The van der Waals surface area contributed by atoms with Gasteiger partial charge in [-0.1, -0.05) is 30.3 Å². The Morgan fingerprint density at radius 3 is 2.82 bits per heavy atom. The summed E-state index contributed by atoms with van der Waals surface area (Å²) in [7, 11) is 3.59. The fourth-order valence-corrected chi connectivity index (χ4v) is 5.37. The summed E-state index contributed by atoms with van der Waals surface area (Å²) in [4.78, 5) is 21.2. The van der Waals surface area contributed by atoms with Gasteiger partial charge in [0.2, 0.25) is 5.91 Å². The number of ether oxygens (including phenoxy) is 1. The molecule has 33 heavy (non-hydrogen) atoms. The minimum Gasteiger partial charge on any atom is -0.496 e. The van der Waals surface area contributed by atoms with Gasteiger partial charge in [0.05, 0.1) is 19.7 Å². The van der Waals surface area contributed by atoms with Gasteiger partial charge in [0, 0.05) is 50.4 Å². The van der Waals surface area contributed by atoms with E-state index in [9.17, 15) is 4.79 Å². The summed E-state index contributed by atoms with van der Waals surface area (Å²) in [6.45, 7) is 3.42. The van der Waals surface area contributed by atoms with E-state index in [-0.39, 0.29) is 18.0 Å². The maximum Gasteiger partial charge on any atom is 0.227 e. The van der Waals surface area contributed by atoms with Gasteiger partial charge in [-0.25, -0.2) is 0 Å². The molecule has 7 nitrogen and oxygen atoms in total. The molecule has 0 radical (unpaired) electrons. The predicted octanol–water partition coefficient (Wildman–Crippen LogP) is 2.86. The topological polar surface area (TPSA) is 69.2 Å². The van der Waals surface area contributed by atoms with Crippen molar-refractivity contribution in [3.05, 3.63) is 59.2 Å². The van der Waals surface area contributed by atoms with Crippen molar-refractivity contribution in [1.29, 1.82) is 0 Å². The normalized spacial score (nSPS) is 22.6. The molecule has 7 heteroatoms. The van der Waals surface area contributed by atoms with Crippen molar-refractivity contribution in [2.45, 2.75) is 44.3 Å². The molecule has 2 atom stereocenters. The van der Waals surface area contributed by atoms with Crippen LogP contribution in [0.4, 0.5) is 5.69 Å². The number of anilines is 1. The van der Waals surface area contributed by atoms with Crippen LogP contribution in [0.25, 0.3) is 0 Å². The monoisotopic (exact) mass is 447 g/mol. The third-order valence-electron chi connectivity index (χ3n) is 7.08. The van der Waals surface area contributed by atoms with E-state index < -0.39 is 0 Å². The van der Waals surface area contributed by atoms with Crippen LogP contribution in [0.5, 0.6) is 5.75 Å². The van der Waals surface area contributed by atoms with E-state index in [1.54, 1.807) is 12.0 Å². The molecule has 1 fully saturated rings. The molecule has 0 spiro atoms. The predicted molar refractivity (Wildman–Crippen MR) is 131 cm³/mol. The lowest BCUT2D eigenvalue weighted by Gasteiger charge is -2.43. The van der Waals surface area contributed by atoms with Crippen LogP contribution in [0.15, 0.2) is 47.5 Å². The van der Waals surface area contributed by atoms with Gasteiger partial charge in [0.25, 0.3) is 0 Å². The smallest absolute Gasteiger partial charge is 0.227 e. The lowest BCUT2D eigenvalue weighted by atomic mass is 9.90. The molecular formula is C26H33N5O2. The number of amides is 1. The van der Waals surface area contributed by atoms with E-state index in [1.165, 1.54) is 11.1 Å². The molecular weight excluding hydrogens is 414 g/mol. The number of carbonyl (C=O) groups excluding carboxylic acids is 1. The van der Waals surface area contributed by atoms with Gasteiger partial charge in [0.1, 0.15) is 5.75 Å². The van der Waals surface area contributed by atoms with Crippen LogP contribution < -0.4 is 20.3 Å². The van der Waals surface area contributed by atoms with Gasteiger partial charge in [-0.3, -0.25) is 9.79 Å². The second-order valence-electron chi connectivity index (χ2n) is 9.06. The molecule has 0 saturated carbocycles. The lowest BCUT2D eigenvalue weighted by Crippen LogP contribution is -2.52. The number of guanidine groups is 1. The zero-order chi connectivity index (χ0) is 22.8. The summed E-state index contributed by atoms with van der Waals surface area (Å²) in [6.07, 6.45) is 3.53. The largest absolute Gasteiger partial charge is 0.496 e. The van der Waals surface area contributed by atoms with E-state index in [0.29, 0.717) is 13.0 Å². The third kappa shape index (κ3) is 4.29. The number of nitrogens with zero attached hydrogens (tertiary/aromatic N) is 3. The van der Waals surface area contributed by atoms with Gasteiger partial charge in [-0.15, -0.1) is 0 Å². The molecule has 3 aliphatic rings. The molecule has 2 aromatic rings. The van der Waals surface area contributed by atoms with Crippen LogP contribution in [0.3, 0.4) is 0 Å². The number of likely N-dealkylation sites (tertiary alicyclic amines) is 1. The number of aliphatic imine (C=N–C) groups is 1. The van der Waals surface area contributed by atoms with Gasteiger partial charge >= 0.3 is 0 Å². The number of aryl methyl sites for hydroxylation is 1. The molecule has 174 valence electrons. The molecule has 0 aliphatic carbocycles. The van der Waals surface area contributed by atoms with E-state index in [1.807, 2.05) is 7.05 Å². The number of benzene rings is 2. The second kappa shape index (κ2) is 9.43. The standard InChI is InChI=1S/C26H33N5O2/c1-30-22-15-20(23(33-2)16-19(22)10-11-24(30)32)17-29-21-9-6-14-31(26-27-12-13-28-26)25(21)18-7-4-3-5-8-18/h3-5,7-8,15-16,21,25,29H,6,9-14,17H2,1-2H3,(H,27,28)/t21-,25+/m0/s1. The fourth-order valence-electron chi connectivity index (χ4n) is 5.37. The molecule has 3 heterocycles. The van der Waals surface area contributed by atoms with Gasteiger partial charge in [0.15, 0.2) is 5.96 Å². The first-order chi connectivity index (χ1) is 16.2. The Balaban J connectivity index is 1.41. The van der Waals surface area contributed by atoms with Crippen molar-refractivity contribution < 1.29 is 9.53 Å². The van der Waals surface area contributed by atoms with E-state index in [0.717, 1.165) is 61.9 Å². The summed E-state index contributed by atoms with van der Waals surface area (Å²) in [5, 5.41) is 7.31. The van der Waals surface area contributed by atoms with Crippen molar-refractivity contribution in [3.8, 4) is 5.75 Å². The summed E-state index contributed by atoms with van der Waals surface area (Å²) in [5.74, 6) is 2.07. The number of fused-ring (bicyclic) bond motifs is 1. The Bertz CT molecular complexity index is 1040.